The summed E-state index contributed by atoms with van der Waals surface area (Å²) < 4.78 is 5.23. The molecule has 1 atom stereocenters. The normalized spacial score (nSPS) is 11.9. The van der Waals surface area contributed by atoms with Crippen LogP contribution in [0.5, 0.6) is 0 Å². The Hall–Kier alpha value is -1.51. The van der Waals surface area contributed by atoms with Gasteiger partial charge in [-0.2, -0.15) is 0 Å². The van der Waals surface area contributed by atoms with Gasteiger partial charge in [0, 0.05) is 18.5 Å². The van der Waals surface area contributed by atoms with Crippen LogP contribution in [0.4, 0.5) is 0 Å². The molecule has 0 saturated heterocycles. The number of amides is 1. The predicted octanol–water partition coefficient (Wildman–Crippen LogP) is 2.68. The Morgan fingerprint density at radius 3 is 2.88 bits per heavy atom. The first kappa shape index (κ1) is 12.6. The van der Waals surface area contributed by atoms with E-state index in [0.29, 0.717) is 0 Å². The molecule has 0 spiro atoms. The minimum Gasteiger partial charge on any atom is -0.469 e. The molecule has 3 heteroatoms. The van der Waals surface area contributed by atoms with E-state index in [1.165, 1.54) is 0 Å². The van der Waals surface area contributed by atoms with Crippen molar-refractivity contribution in [3.63, 3.8) is 0 Å². The van der Waals surface area contributed by atoms with E-state index in [0.717, 1.165) is 24.2 Å². The highest BCUT2D eigenvalue weighted by Gasteiger charge is 2.06. The number of allylic oxidation sites excluding steroid dienone is 1. The molecule has 1 unspecified atom stereocenters. The molecule has 0 aliphatic rings. The van der Waals surface area contributed by atoms with Crippen LogP contribution >= 0.6 is 0 Å². The molecule has 1 amide bonds. The van der Waals surface area contributed by atoms with Crippen LogP contribution < -0.4 is 5.32 Å². The molecule has 1 rings (SSSR count). The van der Waals surface area contributed by atoms with E-state index in [-0.39, 0.29) is 11.9 Å². The Balaban J connectivity index is 2.28. The fourth-order valence-electron chi connectivity index (χ4n) is 1.43. The Morgan fingerprint density at radius 2 is 2.31 bits per heavy atom. The molecule has 1 aromatic heterocycles. The number of furan rings is 1. The predicted molar refractivity (Wildman–Crippen MR) is 64.1 cm³/mol. The van der Waals surface area contributed by atoms with Crippen LogP contribution in [0.1, 0.15) is 33.0 Å². The summed E-state index contributed by atoms with van der Waals surface area (Å²) in [5.41, 5.74) is 1.01. The van der Waals surface area contributed by atoms with Crippen molar-refractivity contribution in [2.24, 2.45) is 0 Å². The molecular formula is C13H19NO2. The van der Waals surface area contributed by atoms with Gasteiger partial charge in [0.1, 0.15) is 5.76 Å². The van der Waals surface area contributed by atoms with E-state index >= 15 is 0 Å². The van der Waals surface area contributed by atoms with E-state index in [9.17, 15) is 4.79 Å². The first-order chi connectivity index (χ1) is 7.58. The van der Waals surface area contributed by atoms with Crippen LogP contribution in [-0.4, -0.2) is 11.9 Å². The molecule has 16 heavy (non-hydrogen) atoms. The van der Waals surface area contributed by atoms with Gasteiger partial charge in [-0.05, 0) is 39.3 Å². The Bertz CT molecular complexity index is 348. The molecule has 1 heterocycles. The van der Waals surface area contributed by atoms with E-state index in [2.05, 4.69) is 5.32 Å². The second-order valence-electron chi connectivity index (χ2n) is 4.25. The monoisotopic (exact) mass is 221 g/mol. The first-order valence-corrected chi connectivity index (χ1v) is 5.55. The summed E-state index contributed by atoms with van der Waals surface area (Å²) in [7, 11) is 0. The van der Waals surface area contributed by atoms with Gasteiger partial charge in [-0.25, -0.2) is 0 Å². The topological polar surface area (TPSA) is 42.2 Å². The van der Waals surface area contributed by atoms with E-state index in [4.69, 9.17) is 4.42 Å². The summed E-state index contributed by atoms with van der Waals surface area (Å²) in [5, 5.41) is 2.92. The number of carbonyl (C=O) groups excluding carboxylic acids is 1. The Kier molecular flexibility index (Phi) is 4.83. The molecule has 0 bridgehead atoms. The van der Waals surface area contributed by atoms with Gasteiger partial charge < -0.3 is 9.73 Å². The molecule has 0 aromatic carbocycles. The maximum absolute atomic E-state index is 11.4. The third kappa shape index (κ3) is 4.82. The summed E-state index contributed by atoms with van der Waals surface area (Å²) in [6, 6.07) is 3.99. The van der Waals surface area contributed by atoms with Crippen LogP contribution in [0.15, 0.2) is 34.5 Å². The third-order valence-corrected chi connectivity index (χ3v) is 2.21. The van der Waals surface area contributed by atoms with Gasteiger partial charge in [0.05, 0.1) is 6.26 Å². The zero-order valence-electron chi connectivity index (χ0n) is 10.1. The van der Waals surface area contributed by atoms with Crippen LogP contribution in [0.2, 0.25) is 0 Å². The highest BCUT2D eigenvalue weighted by atomic mass is 16.3. The maximum atomic E-state index is 11.4. The highest BCUT2D eigenvalue weighted by Crippen LogP contribution is 2.05. The van der Waals surface area contributed by atoms with Crippen molar-refractivity contribution < 1.29 is 9.21 Å². The first-order valence-electron chi connectivity index (χ1n) is 5.55. The van der Waals surface area contributed by atoms with E-state index in [1.807, 2.05) is 32.9 Å². The number of carbonyl (C=O) groups is 1. The average molecular weight is 221 g/mol. The maximum Gasteiger partial charge on any atom is 0.244 e. The number of rotatable bonds is 5. The summed E-state index contributed by atoms with van der Waals surface area (Å²) in [5.74, 6) is 0.940. The molecule has 0 saturated carbocycles. The van der Waals surface area contributed by atoms with Gasteiger partial charge in [0.25, 0.3) is 0 Å². The third-order valence-electron chi connectivity index (χ3n) is 2.21. The quantitative estimate of drug-likeness (QED) is 0.777. The van der Waals surface area contributed by atoms with Gasteiger partial charge in [-0.15, -0.1) is 0 Å². The summed E-state index contributed by atoms with van der Waals surface area (Å²) >= 11 is 0. The lowest BCUT2D eigenvalue weighted by Crippen LogP contribution is -2.31. The lowest BCUT2D eigenvalue weighted by atomic mass is 10.1. The number of hydrogen-bond acceptors (Lipinski definition) is 2. The fraction of sp³-hybridized carbons (Fsp3) is 0.462. The van der Waals surface area contributed by atoms with Gasteiger partial charge >= 0.3 is 0 Å². The van der Waals surface area contributed by atoms with Crippen LogP contribution in [0.25, 0.3) is 0 Å². The van der Waals surface area contributed by atoms with Crippen molar-refractivity contribution >= 4 is 5.91 Å². The Morgan fingerprint density at radius 1 is 1.56 bits per heavy atom. The lowest BCUT2D eigenvalue weighted by molar-refractivity contribution is -0.117. The lowest BCUT2D eigenvalue weighted by Gasteiger charge is -2.11. The van der Waals surface area contributed by atoms with Crippen molar-refractivity contribution in [2.45, 2.75) is 39.7 Å². The zero-order chi connectivity index (χ0) is 12.0. The average Bonchev–Trinajstić information content (AvgIpc) is 2.65. The molecule has 1 N–H and O–H groups in total. The minimum atomic E-state index is -0.0213. The highest BCUT2D eigenvalue weighted by molar-refractivity contribution is 5.88. The van der Waals surface area contributed by atoms with Crippen LogP contribution in [0.3, 0.4) is 0 Å². The van der Waals surface area contributed by atoms with Crippen LogP contribution in [-0.2, 0) is 11.2 Å². The minimum absolute atomic E-state index is 0.0213. The smallest absolute Gasteiger partial charge is 0.244 e. The van der Waals surface area contributed by atoms with Gasteiger partial charge in [-0.3, -0.25) is 4.79 Å². The second kappa shape index (κ2) is 6.16. The SMILES string of the molecule is CC(C)=CC(=O)NC(C)CCc1ccco1. The summed E-state index contributed by atoms with van der Waals surface area (Å²) in [6.07, 6.45) is 5.02. The summed E-state index contributed by atoms with van der Waals surface area (Å²) in [6.45, 7) is 5.82. The summed E-state index contributed by atoms with van der Waals surface area (Å²) in [4.78, 5) is 11.4. The molecule has 1 aromatic rings. The van der Waals surface area contributed by atoms with Gasteiger partial charge in [-0.1, -0.05) is 5.57 Å². The molecule has 0 fully saturated rings. The molecular weight excluding hydrogens is 202 g/mol. The number of hydrogen-bond donors (Lipinski definition) is 1. The molecule has 88 valence electrons. The Labute approximate surface area is 96.5 Å². The molecule has 0 radical (unpaired) electrons. The van der Waals surface area contributed by atoms with Crippen molar-refractivity contribution in [2.75, 3.05) is 0 Å². The van der Waals surface area contributed by atoms with E-state index < -0.39 is 0 Å². The zero-order valence-corrected chi connectivity index (χ0v) is 10.1. The van der Waals surface area contributed by atoms with Crippen molar-refractivity contribution in [3.8, 4) is 0 Å². The number of nitrogens with one attached hydrogen (secondary N) is 1. The van der Waals surface area contributed by atoms with Gasteiger partial charge in [0.15, 0.2) is 0 Å². The second-order valence-corrected chi connectivity index (χ2v) is 4.25. The van der Waals surface area contributed by atoms with E-state index in [1.54, 1.807) is 12.3 Å². The standard InChI is InChI=1S/C13H19NO2/c1-10(2)9-13(15)14-11(3)6-7-12-5-4-8-16-12/h4-5,8-9,11H,6-7H2,1-3H3,(H,14,15). The van der Waals surface area contributed by atoms with Crippen molar-refractivity contribution in [1.29, 1.82) is 0 Å². The van der Waals surface area contributed by atoms with Crippen molar-refractivity contribution in [1.82, 2.24) is 5.32 Å². The number of aryl methyl sites for hydroxylation is 1. The molecule has 0 aliphatic heterocycles. The fourth-order valence-corrected chi connectivity index (χ4v) is 1.43. The van der Waals surface area contributed by atoms with Crippen molar-refractivity contribution in [3.05, 3.63) is 35.8 Å². The van der Waals surface area contributed by atoms with Gasteiger partial charge in [0.2, 0.25) is 5.91 Å². The van der Waals surface area contributed by atoms with Crippen LogP contribution in [0, 0.1) is 0 Å². The largest absolute Gasteiger partial charge is 0.469 e. The molecule has 3 nitrogen and oxygen atoms in total. The molecule has 0 aliphatic carbocycles.